The molecule has 0 amide bonds. The Morgan fingerprint density at radius 3 is 1.12 bits per heavy atom. The number of allylic oxidation sites excluding steroid dienone is 6. The minimum atomic E-state index is -0.466. The lowest BCUT2D eigenvalue weighted by molar-refractivity contribution is 0.103. The molecule has 8 aromatic rings. The number of Topliss-reactive ketones (excluding diaryl/α,β-unsaturated/α-hetero) is 2. The van der Waals surface area contributed by atoms with E-state index in [1.807, 2.05) is 16.9 Å². The molecule has 3 aromatic carbocycles. The molecule has 13 rings (SSSR count). The van der Waals surface area contributed by atoms with E-state index in [0.717, 1.165) is 220 Å². The number of carbonyl (C=O) groups excluding carboxylic acids is 2. The average Bonchev–Trinajstić information content (AvgIpc) is 1.53. The van der Waals surface area contributed by atoms with E-state index in [1.54, 1.807) is 45.3 Å². The Labute approximate surface area is 684 Å². The van der Waals surface area contributed by atoms with Gasteiger partial charge in [-0.05, 0) is 156 Å². The van der Waals surface area contributed by atoms with Crippen molar-refractivity contribution in [2.24, 2.45) is 38.3 Å². The lowest BCUT2D eigenvalue weighted by atomic mass is 9.65. The highest BCUT2D eigenvalue weighted by atomic mass is 32.1. The second kappa shape index (κ2) is 34.7. The Hall–Kier alpha value is -10.1. The second-order valence-corrected chi connectivity index (χ2v) is 36.4. The van der Waals surface area contributed by atoms with Crippen LogP contribution in [-0.2, 0) is 28.7 Å². The maximum Gasteiger partial charge on any atom is 0.194 e. The van der Waals surface area contributed by atoms with Gasteiger partial charge in [-0.1, -0.05) is 185 Å². The first-order chi connectivity index (χ1) is 54.9. The van der Waals surface area contributed by atoms with Crippen LogP contribution in [0.1, 0.15) is 303 Å². The molecule has 6 atom stereocenters. The van der Waals surface area contributed by atoms with Crippen LogP contribution >= 0.6 is 45.3 Å². The zero-order valence-electron chi connectivity index (χ0n) is 66.3. The van der Waals surface area contributed by atoms with E-state index >= 15 is 0 Å². The van der Waals surface area contributed by atoms with Gasteiger partial charge in [-0.15, -0.1) is 45.3 Å². The molecule has 0 radical (unpaired) electrons. The molecule has 4 aliphatic carbocycles. The summed E-state index contributed by atoms with van der Waals surface area (Å²) in [6, 6.07) is 31.8. The lowest BCUT2D eigenvalue weighted by Gasteiger charge is -2.37. The predicted molar refractivity (Wildman–Crippen MR) is 457 cm³/mol. The van der Waals surface area contributed by atoms with Crippen molar-refractivity contribution in [3.05, 3.63) is 147 Å². The van der Waals surface area contributed by atoms with Crippen LogP contribution in [0, 0.1) is 120 Å². The molecule has 0 bridgehead atoms. The zero-order chi connectivity index (χ0) is 80.2. The number of thiophene rings is 4. The first-order valence-electron chi connectivity index (χ1n) is 40.7. The fraction of sp³-hybridized carbons (Fsp3) is 0.441. The minimum Gasteiger partial charge on any atom is -0.289 e. The quantitative estimate of drug-likeness (QED) is 0.0274. The Kier molecular flexibility index (Phi) is 24.9. The molecular weight excluding hydrogens is 1490 g/mol. The minimum absolute atomic E-state index is 0.0449. The predicted octanol–water partition coefficient (Wildman–Crippen LogP) is 26.2. The maximum atomic E-state index is 14.9. The molecule has 572 valence electrons. The van der Waals surface area contributed by atoms with Crippen molar-refractivity contribution in [2.45, 2.75) is 234 Å². The average molecular weight is 1590 g/mol. The standard InChI is InChI=1S/C93H93N13O2S5/c1-11-20-25-53(10)40-92(41-54(16-6)26-21-12-2)72-36-64(34-70-78(62(48-98)49-99)66-30-58(44-94)60(46-96)32-68(66)86(70)107)109-88(72)90-74(92)38-76(111-90)80-82-83(103-106(102-82)52-57(19-9)29-24-15-5)81(85-84(80)104-113-105-85)77-39-75-91(112-77)89-73(93(75,42-55(17-7)27-22-13-3)43-56(18-8)28-23-14-4)37-65(110-89)35-71-79(63(50-100)51-101)67-31-59(45-95)61(47-97)33-69(67)87(71)108/h30-39,53-57H,11-29,40-43,52H2,1-10H3/b70-34-,71-35-. The summed E-state index contributed by atoms with van der Waals surface area (Å²) in [4.78, 5) is 40.0. The topological polar surface area (TPSA) is 280 Å². The summed E-state index contributed by atoms with van der Waals surface area (Å²) in [5.41, 5.74) is 10.2. The molecule has 1 aliphatic heterocycles. The zero-order valence-corrected chi connectivity index (χ0v) is 70.4. The maximum absolute atomic E-state index is 14.9. The fourth-order valence-electron chi connectivity index (χ4n) is 18.6. The number of nitriles is 8. The van der Waals surface area contributed by atoms with Crippen molar-refractivity contribution in [2.75, 3.05) is 0 Å². The molecule has 0 spiro atoms. The van der Waals surface area contributed by atoms with Crippen molar-refractivity contribution in [3.8, 4) is 88.9 Å². The Bertz CT molecular complexity index is 5720. The van der Waals surface area contributed by atoms with Crippen molar-refractivity contribution < 1.29 is 9.59 Å². The van der Waals surface area contributed by atoms with Gasteiger partial charge in [0.2, 0.25) is 0 Å². The van der Waals surface area contributed by atoms with Crippen molar-refractivity contribution in [1.82, 2.24) is 15.0 Å². The van der Waals surface area contributed by atoms with E-state index in [0.29, 0.717) is 47.3 Å². The summed E-state index contributed by atoms with van der Waals surface area (Å²) in [6.07, 6.45) is 27.4. The van der Waals surface area contributed by atoms with Gasteiger partial charge in [0, 0.05) is 83.3 Å². The fourth-order valence-corrected chi connectivity index (χ4v) is 24.5. The first kappa shape index (κ1) is 80.9. The Balaban J connectivity index is 1.05. The first-order valence-corrected chi connectivity index (χ1v) is 44.6. The SMILES string of the molecule is CCCCC(C)CC1(CC(CC)CCCC)c2cc(/C=C3\C(=O)c4cc(C#N)c(C#N)cc4C3=C(C#N)C#N)sc2-c2sc(-c3c4c(c(-c5cc6c(s5)-c5sc(/C=C7\C(=O)c8cc(C#N)c(C#N)cc8C7=C(C#N)C#N)cc5C6(CC(CC)CCCC)CC(CC)CCCC)c5nn(CC(CC)CCCC)nc35)N=S=N4)cc21. The number of aromatic nitrogens is 3. The molecular formula is C93H93N13O2S5. The summed E-state index contributed by atoms with van der Waals surface area (Å²) in [5, 5.41) is 94.3. The van der Waals surface area contributed by atoms with Gasteiger partial charge in [-0.2, -0.15) is 65.8 Å². The molecule has 15 nitrogen and oxygen atoms in total. The molecule has 0 saturated carbocycles. The van der Waals surface area contributed by atoms with Gasteiger partial charge in [0.25, 0.3) is 0 Å². The summed E-state index contributed by atoms with van der Waals surface area (Å²) in [5.74, 6) is 0.974. The third kappa shape index (κ3) is 14.6. The van der Waals surface area contributed by atoms with Gasteiger partial charge in [0.05, 0.1) is 51.3 Å². The van der Waals surface area contributed by atoms with E-state index < -0.39 is 22.4 Å². The lowest BCUT2D eigenvalue weighted by Crippen LogP contribution is -2.31. The highest BCUT2D eigenvalue weighted by Crippen LogP contribution is 2.67. The number of fused-ring (bicyclic) bond motifs is 10. The van der Waals surface area contributed by atoms with Gasteiger partial charge < -0.3 is 0 Å². The summed E-state index contributed by atoms with van der Waals surface area (Å²) in [6.45, 7) is 23.6. The van der Waals surface area contributed by atoms with Crippen molar-refractivity contribution in [3.63, 3.8) is 0 Å². The van der Waals surface area contributed by atoms with Gasteiger partial charge in [0.1, 0.15) is 82.1 Å². The largest absolute Gasteiger partial charge is 0.289 e. The smallest absolute Gasteiger partial charge is 0.194 e. The monoisotopic (exact) mass is 1580 g/mol. The highest BCUT2D eigenvalue weighted by molar-refractivity contribution is 7.58. The molecule has 0 saturated heterocycles. The van der Waals surface area contributed by atoms with E-state index in [2.05, 4.69) is 142 Å². The molecule has 20 heteroatoms. The number of nitrogens with zero attached hydrogens (tertiary/aromatic N) is 13. The van der Waals surface area contributed by atoms with Crippen LogP contribution in [-0.4, -0.2) is 26.6 Å². The number of unbranched alkanes of at least 4 members (excludes halogenated alkanes) is 5. The van der Waals surface area contributed by atoms with Crippen LogP contribution in [0.4, 0.5) is 11.4 Å². The van der Waals surface area contributed by atoms with Crippen LogP contribution < -0.4 is 0 Å². The van der Waals surface area contributed by atoms with E-state index in [4.69, 9.17) is 18.9 Å². The van der Waals surface area contributed by atoms with E-state index in [-0.39, 0.29) is 66.8 Å². The van der Waals surface area contributed by atoms with Crippen molar-refractivity contribution in [1.29, 1.82) is 42.1 Å². The second-order valence-electron chi connectivity index (χ2n) is 31.6. The van der Waals surface area contributed by atoms with Gasteiger partial charge in [0.15, 0.2) is 11.6 Å². The molecule has 6 heterocycles. The van der Waals surface area contributed by atoms with Gasteiger partial charge >= 0.3 is 0 Å². The summed E-state index contributed by atoms with van der Waals surface area (Å²) >= 11 is 7.97. The molecule has 5 aromatic heterocycles. The molecule has 5 aliphatic rings. The van der Waals surface area contributed by atoms with Crippen LogP contribution in [0.2, 0.25) is 0 Å². The van der Waals surface area contributed by atoms with Crippen LogP contribution in [0.15, 0.2) is 79.5 Å². The highest BCUT2D eigenvalue weighted by Gasteiger charge is 2.51. The number of carbonyl (C=O) groups is 2. The number of benzene rings is 3. The normalized spacial score (nSPS) is 17.9. The molecule has 113 heavy (non-hydrogen) atoms. The van der Waals surface area contributed by atoms with E-state index in [9.17, 15) is 51.7 Å². The number of rotatable bonds is 33. The Morgan fingerprint density at radius 1 is 0.434 bits per heavy atom. The number of hydrogen-bond donors (Lipinski definition) is 0. The van der Waals surface area contributed by atoms with Crippen LogP contribution in [0.25, 0.3) is 74.7 Å². The molecule has 0 fully saturated rings. The summed E-state index contributed by atoms with van der Waals surface area (Å²) in [7, 11) is 0. The molecule has 6 unspecified atom stereocenters. The van der Waals surface area contributed by atoms with Crippen molar-refractivity contribution >= 4 is 114 Å². The van der Waals surface area contributed by atoms with Gasteiger partial charge in [-0.25, -0.2) is 0 Å². The number of hydrogen-bond acceptors (Lipinski definition) is 18. The Morgan fingerprint density at radius 2 is 0.770 bits per heavy atom. The van der Waals surface area contributed by atoms with Gasteiger partial charge in [-0.3, -0.25) is 9.59 Å². The number of ketones is 2. The van der Waals surface area contributed by atoms with Crippen LogP contribution in [0.3, 0.4) is 0 Å². The van der Waals surface area contributed by atoms with E-state index in [1.165, 1.54) is 57.9 Å². The third-order valence-electron chi connectivity index (χ3n) is 24.7. The third-order valence-corrected chi connectivity index (χ3v) is 30.0. The molecule has 0 N–H and O–H groups in total. The summed E-state index contributed by atoms with van der Waals surface area (Å²) < 4.78 is 10.8. The van der Waals surface area contributed by atoms with Crippen LogP contribution in [0.5, 0.6) is 0 Å².